The molecule has 0 aromatic heterocycles. The van der Waals surface area contributed by atoms with Gasteiger partial charge in [-0.15, -0.1) is 0 Å². The molecule has 0 heteroatoms. The molecule has 0 heterocycles. The summed E-state index contributed by atoms with van der Waals surface area (Å²) >= 11 is 0. The van der Waals surface area contributed by atoms with Crippen LogP contribution < -0.4 is 0 Å². The van der Waals surface area contributed by atoms with Gasteiger partial charge in [-0.25, -0.2) is 0 Å². The van der Waals surface area contributed by atoms with Crippen molar-refractivity contribution in [2.24, 2.45) is 0 Å². The van der Waals surface area contributed by atoms with E-state index in [0.717, 1.165) is 10.9 Å². The molecule has 0 amide bonds. The molecule has 0 saturated heterocycles. The molecular weight excluding hydrogens is 180 g/mol. The first-order chi connectivity index (χ1) is 7.36. The van der Waals surface area contributed by atoms with Crippen LogP contribution in [0.5, 0.6) is 0 Å². The van der Waals surface area contributed by atoms with Crippen LogP contribution in [0.3, 0.4) is 0 Å². The molecule has 3 aromatic rings. The van der Waals surface area contributed by atoms with Crippen LogP contribution in [0.25, 0.3) is 21.5 Å². The van der Waals surface area contributed by atoms with Crippen LogP contribution in [0, 0.1) is 6.92 Å². The van der Waals surface area contributed by atoms with Crippen molar-refractivity contribution in [1.82, 2.24) is 0 Å². The summed E-state index contributed by atoms with van der Waals surface area (Å²) in [7, 11) is 0. The minimum atomic E-state index is 0.846. The zero-order valence-electron chi connectivity index (χ0n) is 8.27. The van der Waals surface area contributed by atoms with Crippen molar-refractivity contribution in [3.63, 3.8) is 0 Å². The fourth-order valence-corrected chi connectivity index (χ4v) is 2.06. The summed E-state index contributed by atoms with van der Waals surface area (Å²) in [6.07, 6.45) is 0. The highest BCUT2D eigenvalue weighted by atomic mass is 14.0. The zero-order valence-corrected chi connectivity index (χ0v) is 8.27. The lowest BCUT2D eigenvalue weighted by atomic mass is 9.99. The van der Waals surface area contributed by atoms with E-state index >= 15 is 0 Å². The standard InChI is InChI=1S/C15H10/c1-11-5-4-8-15-13(11)10-9-12-6-2-3-7-14(12)15/h1-10H. The lowest BCUT2D eigenvalue weighted by molar-refractivity contribution is 1.69. The zero-order chi connectivity index (χ0) is 10.3. The van der Waals surface area contributed by atoms with Gasteiger partial charge in [0.25, 0.3) is 0 Å². The second kappa shape index (κ2) is 3.09. The predicted molar refractivity (Wildman–Crippen MR) is 64.9 cm³/mol. The molecule has 0 fully saturated rings. The van der Waals surface area contributed by atoms with Crippen LogP contribution in [0.1, 0.15) is 5.56 Å². The van der Waals surface area contributed by atoms with E-state index in [0.29, 0.717) is 0 Å². The molecule has 70 valence electrons. The largest absolute Gasteiger partial charge is 0.0616 e. The van der Waals surface area contributed by atoms with Gasteiger partial charge < -0.3 is 0 Å². The molecule has 0 aliphatic carbocycles. The van der Waals surface area contributed by atoms with Gasteiger partial charge in [-0.05, 0) is 34.0 Å². The molecule has 0 unspecified atom stereocenters. The summed E-state index contributed by atoms with van der Waals surface area (Å²) in [5.41, 5.74) is 0.846. The van der Waals surface area contributed by atoms with Gasteiger partial charge in [-0.2, -0.15) is 0 Å². The fourth-order valence-electron chi connectivity index (χ4n) is 2.06. The first-order valence-corrected chi connectivity index (χ1v) is 5.02. The van der Waals surface area contributed by atoms with Crippen molar-refractivity contribution < 1.29 is 0 Å². The summed E-state index contributed by atoms with van der Waals surface area (Å²) in [5.74, 6) is 0. The molecule has 0 aliphatic heterocycles. The van der Waals surface area contributed by atoms with Crippen molar-refractivity contribution in [2.75, 3.05) is 0 Å². The highest BCUT2D eigenvalue weighted by molar-refractivity contribution is 6.08. The Morgan fingerprint density at radius 1 is 0.600 bits per heavy atom. The number of benzene rings is 3. The third-order valence-corrected chi connectivity index (χ3v) is 2.82. The van der Waals surface area contributed by atoms with Crippen molar-refractivity contribution in [3.05, 3.63) is 67.1 Å². The van der Waals surface area contributed by atoms with Gasteiger partial charge in [0.15, 0.2) is 0 Å². The Morgan fingerprint density at radius 3 is 2.33 bits per heavy atom. The molecular formula is C15H10. The third-order valence-electron chi connectivity index (χ3n) is 2.82. The van der Waals surface area contributed by atoms with E-state index in [4.69, 9.17) is 6.92 Å². The summed E-state index contributed by atoms with van der Waals surface area (Å²) in [4.78, 5) is 0. The molecule has 0 atom stereocenters. The fraction of sp³-hybridized carbons (Fsp3) is 0. The van der Waals surface area contributed by atoms with Gasteiger partial charge >= 0.3 is 0 Å². The highest BCUT2D eigenvalue weighted by Crippen LogP contribution is 2.26. The second-order valence-corrected chi connectivity index (χ2v) is 3.73. The second-order valence-electron chi connectivity index (χ2n) is 3.73. The monoisotopic (exact) mass is 190 g/mol. The van der Waals surface area contributed by atoms with Crippen molar-refractivity contribution >= 4 is 21.5 Å². The van der Waals surface area contributed by atoms with E-state index in [1.54, 1.807) is 0 Å². The lowest BCUT2D eigenvalue weighted by Gasteiger charge is -2.05. The van der Waals surface area contributed by atoms with Crippen LogP contribution in [0.2, 0.25) is 0 Å². The molecule has 0 saturated carbocycles. The molecule has 15 heavy (non-hydrogen) atoms. The smallest absolute Gasteiger partial charge is 0.000544 e. The average Bonchev–Trinajstić information content (AvgIpc) is 2.29. The summed E-state index contributed by atoms with van der Waals surface area (Å²) in [6, 6.07) is 18.6. The van der Waals surface area contributed by atoms with Crippen LogP contribution in [-0.2, 0) is 0 Å². The van der Waals surface area contributed by atoms with Crippen LogP contribution in [-0.4, -0.2) is 0 Å². The number of hydrogen-bond acceptors (Lipinski definition) is 0. The molecule has 0 N–H and O–H groups in total. The normalized spacial score (nSPS) is 11.0. The highest BCUT2D eigenvalue weighted by Gasteiger charge is 2.00. The summed E-state index contributed by atoms with van der Waals surface area (Å²) < 4.78 is 0. The number of fused-ring (bicyclic) bond motifs is 3. The third kappa shape index (κ3) is 1.22. The van der Waals surface area contributed by atoms with E-state index in [2.05, 4.69) is 42.5 Å². The molecule has 0 nitrogen and oxygen atoms in total. The Labute approximate surface area is 89.2 Å². The van der Waals surface area contributed by atoms with Gasteiger partial charge in [0, 0.05) is 0 Å². The predicted octanol–water partition coefficient (Wildman–Crippen LogP) is 4.05. The Hall–Kier alpha value is -1.82. The quantitative estimate of drug-likeness (QED) is 0.469. The van der Waals surface area contributed by atoms with Crippen LogP contribution >= 0.6 is 0 Å². The van der Waals surface area contributed by atoms with Crippen LogP contribution in [0.15, 0.2) is 54.6 Å². The van der Waals surface area contributed by atoms with E-state index < -0.39 is 0 Å². The molecule has 0 bridgehead atoms. The Kier molecular flexibility index (Phi) is 1.75. The van der Waals surface area contributed by atoms with Gasteiger partial charge in [0.2, 0.25) is 0 Å². The van der Waals surface area contributed by atoms with Crippen LogP contribution in [0.4, 0.5) is 0 Å². The topological polar surface area (TPSA) is 0 Å². The molecule has 2 radical (unpaired) electrons. The summed E-state index contributed by atoms with van der Waals surface area (Å²) in [5, 5.41) is 4.89. The van der Waals surface area contributed by atoms with E-state index in [1.165, 1.54) is 16.2 Å². The number of rotatable bonds is 0. The van der Waals surface area contributed by atoms with Crippen molar-refractivity contribution in [1.29, 1.82) is 0 Å². The number of hydrogen-bond donors (Lipinski definition) is 0. The first kappa shape index (κ1) is 8.49. The maximum atomic E-state index is 5.95. The van der Waals surface area contributed by atoms with Gasteiger partial charge in [0.1, 0.15) is 0 Å². The van der Waals surface area contributed by atoms with Crippen molar-refractivity contribution in [3.8, 4) is 0 Å². The Morgan fingerprint density at radius 2 is 1.40 bits per heavy atom. The Bertz CT molecular complexity index is 636. The minimum Gasteiger partial charge on any atom is -0.0616 e. The Balaban J connectivity index is 2.60. The SMILES string of the molecule is [CH]c1cccc2c1ccc1ccccc12. The van der Waals surface area contributed by atoms with Gasteiger partial charge in [-0.3, -0.25) is 0 Å². The minimum absolute atomic E-state index is 0.846. The van der Waals surface area contributed by atoms with E-state index in [9.17, 15) is 0 Å². The molecule has 3 rings (SSSR count). The maximum Gasteiger partial charge on any atom is -0.000544 e. The van der Waals surface area contributed by atoms with E-state index in [-0.39, 0.29) is 0 Å². The summed E-state index contributed by atoms with van der Waals surface area (Å²) in [6.45, 7) is 5.95. The maximum absolute atomic E-state index is 5.95. The molecule has 3 aromatic carbocycles. The van der Waals surface area contributed by atoms with Crippen molar-refractivity contribution in [2.45, 2.75) is 0 Å². The van der Waals surface area contributed by atoms with Gasteiger partial charge in [-0.1, -0.05) is 54.6 Å². The average molecular weight is 190 g/mol. The molecule has 0 aliphatic rings. The van der Waals surface area contributed by atoms with Gasteiger partial charge in [0.05, 0.1) is 0 Å². The van der Waals surface area contributed by atoms with E-state index in [1.807, 2.05) is 12.1 Å². The molecule has 0 spiro atoms. The lowest BCUT2D eigenvalue weighted by Crippen LogP contribution is -1.80. The first-order valence-electron chi connectivity index (χ1n) is 5.02.